The zero-order chi connectivity index (χ0) is 19.7. The van der Waals surface area contributed by atoms with Crippen molar-refractivity contribution in [2.75, 3.05) is 36.8 Å². The number of amides is 1. The molecule has 1 aromatic carbocycles. The predicted octanol–water partition coefficient (Wildman–Crippen LogP) is 2.18. The fourth-order valence-corrected chi connectivity index (χ4v) is 5.15. The fourth-order valence-electron chi connectivity index (χ4n) is 4.03. The number of aryl methyl sites for hydroxylation is 1. The van der Waals surface area contributed by atoms with Crippen molar-refractivity contribution < 1.29 is 4.79 Å². The van der Waals surface area contributed by atoms with Gasteiger partial charge in [0.05, 0.1) is 5.92 Å². The van der Waals surface area contributed by atoms with Crippen molar-refractivity contribution in [2.45, 2.75) is 32.0 Å². The second-order valence-corrected chi connectivity index (χ2v) is 8.37. The van der Waals surface area contributed by atoms with Crippen LogP contribution in [0.25, 0.3) is 0 Å². The lowest BCUT2D eigenvalue weighted by atomic mass is 10.1. The molecular formula is C21H26N4O2S. The third-order valence-corrected chi connectivity index (χ3v) is 6.81. The molecule has 0 bridgehead atoms. The van der Waals surface area contributed by atoms with Crippen LogP contribution in [-0.2, 0) is 17.8 Å². The van der Waals surface area contributed by atoms with Gasteiger partial charge in [-0.15, -0.1) is 0 Å². The van der Waals surface area contributed by atoms with Crippen molar-refractivity contribution in [3.63, 3.8) is 0 Å². The molecule has 2 aliphatic rings. The van der Waals surface area contributed by atoms with Crippen LogP contribution in [0.4, 0.5) is 5.69 Å². The molecule has 2 aromatic rings. The maximum Gasteiger partial charge on any atom is 0.257 e. The minimum atomic E-state index is -0.160. The number of fused-ring (bicyclic) bond motifs is 1. The van der Waals surface area contributed by atoms with Gasteiger partial charge in [-0.25, -0.2) is 4.98 Å². The van der Waals surface area contributed by atoms with Crippen molar-refractivity contribution in [1.82, 2.24) is 14.5 Å². The molecule has 0 N–H and O–H groups in total. The summed E-state index contributed by atoms with van der Waals surface area (Å²) >= 11 is 1.53. The van der Waals surface area contributed by atoms with Gasteiger partial charge in [0.2, 0.25) is 5.91 Å². The molecule has 148 valence electrons. The van der Waals surface area contributed by atoms with Crippen molar-refractivity contribution in [1.29, 1.82) is 0 Å². The predicted molar refractivity (Wildman–Crippen MR) is 112 cm³/mol. The first-order valence-corrected chi connectivity index (χ1v) is 10.9. The Morgan fingerprint density at radius 2 is 1.89 bits per heavy atom. The summed E-state index contributed by atoms with van der Waals surface area (Å²) in [6.07, 6.45) is 0.669. The highest BCUT2D eigenvalue weighted by Gasteiger charge is 2.32. The second-order valence-electron chi connectivity index (χ2n) is 7.38. The van der Waals surface area contributed by atoms with Gasteiger partial charge < -0.3 is 9.80 Å². The summed E-state index contributed by atoms with van der Waals surface area (Å²) in [6, 6.07) is 10.3. The molecular weight excluding hydrogens is 372 g/mol. The Morgan fingerprint density at radius 1 is 1.18 bits per heavy atom. The van der Waals surface area contributed by atoms with E-state index in [-0.39, 0.29) is 17.4 Å². The number of benzene rings is 1. The van der Waals surface area contributed by atoms with Crippen LogP contribution in [0.5, 0.6) is 0 Å². The van der Waals surface area contributed by atoms with E-state index < -0.39 is 0 Å². The molecule has 6 nitrogen and oxygen atoms in total. The van der Waals surface area contributed by atoms with E-state index in [0.717, 1.165) is 42.6 Å². The van der Waals surface area contributed by atoms with Gasteiger partial charge in [-0.05, 0) is 25.5 Å². The first kappa shape index (κ1) is 19.1. The smallest absolute Gasteiger partial charge is 0.257 e. The van der Waals surface area contributed by atoms with Gasteiger partial charge in [-0.3, -0.25) is 14.2 Å². The summed E-state index contributed by atoms with van der Waals surface area (Å²) in [5.74, 6) is 0.693. The molecule has 3 heterocycles. The number of rotatable bonds is 3. The molecule has 1 amide bonds. The molecule has 4 rings (SSSR count). The summed E-state index contributed by atoms with van der Waals surface area (Å²) in [5.41, 5.74) is 2.79. The highest BCUT2D eigenvalue weighted by atomic mass is 32.2. The number of carbonyl (C=O) groups is 1. The number of para-hydroxylation sites is 1. The Hall–Kier alpha value is -2.28. The summed E-state index contributed by atoms with van der Waals surface area (Å²) in [5, 5.41) is 0.748. The fraction of sp³-hybridized carbons (Fsp3) is 0.476. The number of carbonyl (C=O) groups excluding carboxylic acids is 1. The first-order valence-electron chi connectivity index (χ1n) is 9.90. The molecule has 1 saturated heterocycles. The van der Waals surface area contributed by atoms with E-state index in [4.69, 9.17) is 0 Å². The summed E-state index contributed by atoms with van der Waals surface area (Å²) in [4.78, 5) is 34.8. The van der Waals surface area contributed by atoms with Gasteiger partial charge in [0.25, 0.3) is 5.56 Å². The zero-order valence-electron chi connectivity index (χ0n) is 16.4. The summed E-state index contributed by atoms with van der Waals surface area (Å²) < 4.78 is 1.71. The minimum absolute atomic E-state index is 0.0175. The normalized spacial score (nSPS) is 19.4. The third-order valence-electron chi connectivity index (χ3n) is 5.67. The molecule has 0 aliphatic carbocycles. The molecule has 7 heteroatoms. The molecule has 28 heavy (non-hydrogen) atoms. The zero-order valence-corrected chi connectivity index (χ0v) is 17.2. The molecule has 0 spiro atoms. The first-order chi connectivity index (χ1) is 13.6. The minimum Gasteiger partial charge on any atom is -0.368 e. The number of hydrogen-bond donors (Lipinski definition) is 0. The van der Waals surface area contributed by atoms with Crippen LogP contribution in [0, 0.1) is 12.8 Å². The van der Waals surface area contributed by atoms with E-state index in [1.54, 1.807) is 4.57 Å². The lowest BCUT2D eigenvalue weighted by Gasteiger charge is -2.38. The van der Waals surface area contributed by atoms with E-state index in [9.17, 15) is 9.59 Å². The summed E-state index contributed by atoms with van der Waals surface area (Å²) in [6.45, 7) is 7.44. The molecule has 1 aromatic heterocycles. The van der Waals surface area contributed by atoms with Crippen LogP contribution in [0.1, 0.15) is 18.2 Å². The van der Waals surface area contributed by atoms with E-state index in [1.165, 1.54) is 17.4 Å². The van der Waals surface area contributed by atoms with Crippen molar-refractivity contribution >= 4 is 23.4 Å². The highest BCUT2D eigenvalue weighted by Crippen LogP contribution is 2.27. The second kappa shape index (κ2) is 7.99. The molecule has 1 atom stereocenters. The highest BCUT2D eigenvalue weighted by molar-refractivity contribution is 7.99. The van der Waals surface area contributed by atoms with Crippen LogP contribution >= 0.6 is 11.8 Å². The summed E-state index contributed by atoms with van der Waals surface area (Å²) in [7, 11) is 0. The number of aromatic nitrogens is 2. The van der Waals surface area contributed by atoms with Crippen molar-refractivity contribution in [3.8, 4) is 0 Å². The van der Waals surface area contributed by atoms with E-state index in [1.807, 2.05) is 36.9 Å². The van der Waals surface area contributed by atoms with Crippen LogP contribution in [-0.4, -0.2) is 52.3 Å². The Labute approximate surface area is 169 Å². The largest absolute Gasteiger partial charge is 0.368 e. The van der Waals surface area contributed by atoms with Crippen LogP contribution in [0.2, 0.25) is 0 Å². The quantitative estimate of drug-likeness (QED) is 0.742. The van der Waals surface area contributed by atoms with Crippen molar-refractivity contribution in [2.24, 2.45) is 5.92 Å². The Morgan fingerprint density at radius 3 is 2.57 bits per heavy atom. The van der Waals surface area contributed by atoms with Gasteiger partial charge in [0.15, 0.2) is 5.16 Å². The molecule has 1 fully saturated rings. The van der Waals surface area contributed by atoms with E-state index in [0.29, 0.717) is 18.7 Å². The molecule has 0 saturated carbocycles. The Kier molecular flexibility index (Phi) is 5.44. The lowest BCUT2D eigenvalue weighted by Crippen LogP contribution is -2.52. The number of nitrogens with zero attached hydrogens (tertiary/aromatic N) is 4. The van der Waals surface area contributed by atoms with Crippen molar-refractivity contribution in [3.05, 3.63) is 51.9 Å². The third kappa shape index (κ3) is 3.55. The number of thioether (sulfide) groups is 1. The van der Waals surface area contributed by atoms with Gasteiger partial charge in [0.1, 0.15) is 0 Å². The lowest BCUT2D eigenvalue weighted by molar-refractivity contribution is -0.135. The maximum atomic E-state index is 13.1. The monoisotopic (exact) mass is 398 g/mol. The Bertz CT molecular complexity index is 920. The SMILES string of the molecule is CCc1c(C)nc2n(c1=O)CC(C(=O)N1CCN(c3ccccc3)CC1)CS2. The topological polar surface area (TPSA) is 58.4 Å². The average Bonchev–Trinajstić information content (AvgIpc) is 2.74. The van der Waals surface area contributed by atoms with Gasteiger partial charge in [0, 0.05) is 55.4 Å². The van der Waals surface area contributed by atoms with Gasteiger partial charge in [-0.1, -0.05) is 36.9 Å². The number of anilines is 1. The van der Waals surface area contributed by atoms with E-state index in [2.05, 4.69) is 22.0 Å². The van der Waals surface area contributed by atoms with Gasteiger partial charge >= 0.3 is 0 Å². The van der Waals surface area contributed by atoms with Gasteiger partial charge in [-0.2, -0.15) is 0 Å². The Balaban J connectivity index is 1.44. The number of piperazine rings is 1. The molecule has 2 aliphatic heterocycles. The molecule has 0 radical (unpaired) electrons. The standard InChI is InChI=1S/C21H26N4O2S/c1-3-18-15(2)22-21-25(20(18)27)13-16(14-28-21)19(26)24-11-9-23(10-12-24)17-7-5-4-6-8-17/h4-8,16H,3,9-14H2,1-2H3. The number of hydrogen-bond acceptors (Lipinski definition) is 5. The van der Waals surface area contributed by atoms with Crippen LogP contribution in [0.15, 0.2) is 40.3 Å². The molecule has 1 unspecified atom stereocenters. The average molecular weight is 399 g/mol. The maximum absolute atomic E-state index is 13.1. The van der Waals surface area contributed by atoms with Crippen LogP contribution in [0.3, 0.4) is 0 Å². The van der Waals surface area contributed by atoms with Crippen LogP contribution < -0.4 is 10.5 Å². The van der Waals surface area contributed by atoms with E-state index >= 15 is 0 Å².